The predicted octanol–water partition coefficient (Wildman–Crippen LogP) is 3.02. The van der Waals surface area contributed by atoms with Crippen molar-refractivity contribution in [3.05, 3.63) is 35.4 Å². The fourth-order valence-corrected chi connectivity index (χ4v) is 2.44. The zero-order valence-corrected chi connectivity index (χ0v) is 13.2. The summed E-state index contributed by atoms with van der Waals surface area (Å²) in [6.07, 6.45) is 2.23. The van der Waals surface area contributed by atoms with Crippen LogP contribution < -0.4 is 11.1 Å². The second-order valence-electron chi connectivity index (χ2n) is 6.63. The van der Waals surface area contributed by atoms with E-state index in [-0.39, 0.29) is 17.4 Å². The topological polar surface area (TPSA) is 55.1 Å². The van der Waals surface area contributed by atoms with Gasteiger partial charge in [-0.1, -0.05) is 52.0 Å². The first-order valence-electron chi connectivity index (χ1n) is 7.41. The zero-order chi connectivity index (χ0) is 15.2. The standard InChI is InChI=1S/C17H28N2O/c1-5-13-8-6-7-9-14(13)12-19-16(20)10-15(18)11-17(2,3)4/h6-9,15H,5,10-12,18H2,1-4H3,(H,19,20). The second-order valence-corrected chi connectivity index (χ2v) is 6.63. The van der Waals surface area contributed by atoms with E-state index in [1.807, 2.05) is 12.1 Å². The fraction of sp³-hybridized carbons (Fsp3) is 0.588. The average Bonchev–Trinajstić information content (AvgIpc) is 2.34. The zero-order valence-electron chi connectivity index (χ0n) is 13.2. The third kappa shape index (κ3) is 6.20. The molecule has 1 aromatic carbocycles. The van der Waals surface area contributed by atoms with Crippen LogP contribution in [0.3, 0.4) is 0 Å². The van der Waals surface area contributed by atoms with E-state index >= 15 is 0 Å². The van der Waals surface area contributed by atoms with E-state index in [2.05, 4.69) is 45.1 Å². The third-order valence-corrected chi connectivity index (χ3v) is 3.30. The number of nitrogens with two attached hydrogens (primary N) is 1. The molecular formula is C17H28N2O. The Hall–Kier alpha value is -1.35. The Labute approximate surface area is 122 Å². The molecule has 0 saturated carbocycles. The predicted molar refractivity (Wildman–Crippen MR) is 84.3 cm³/mol. The van der Waals surface area contributed by atoms with Gasteiger partial charge in [0.1, 0.15) is 0 Å². The smallest absolute Gasteiger partial charge is 0.221 e. The van der Waals surface area contributed by atoms with Gasteiger partial charge >= 0.3 is 0 Å². The molecule has 0 saturated heterocycles. The molecule has 0 spiro atoms. The summed E-state index contributed by atoms with van der Waals surface area (Å²) in [5.74, 6) is 0.0349. The van der Waals surface area contributed by atoms with Crippen molar-refractivity contribution in [3.8, 4) is 0 Å². The summed E-state index contributed by atoms with van der Waals surface area (Å²) < 4.78 is 0. The first-order chi connectivity index (χ1) is 9.31. The van der Waals surface area contributed by atoms with Crippen molar-refractivity contribution >= 4 is 5.91 Å². The Kier molecular flexibility index (Phi) is 6.21. The molecule has 0 aliphatic heterocycles. The maximum absolute atomic E-state index is 11.9. The van der Waals surface area contributed by atoms with Gasteiger partial charge < -0.3 is 11.1 Å². The highest BCUT2D eigenvalue weighted by Gasteiger charge is 2.18. The minimum absolute atomic E-state index is 0.0349. The summed E-state index contributed by atoms with van der Waals surface area (Å²) in [7, 11) is 0. The SMILES string of the molecule is CCc1ccccc1CNC(=O)CC(N)CC(C)(C)C. The van der Waals surface area contributed by atoms with Gasteiger partial charge in [0, 0.05) is 19.0 Å². The van der Waals surface area contributed by atoms with Crippen LogP contribution in [-0.4, -0.2) is 11.9 Å². The Morgan fingerprint density at radius 3 is 2.40 bits per heavy atom. The van der Waals surface area contributed by atoms with Gasteiger partial charge in [-0.15, -0.1) is 0 Å². The van der Waals surface area contributed by atoms with E-state index in [1.165, 1.54) is 11.1 Å². The molecule has 0 aliphatic carbocycles. The van der Waals surface area contributed by atoms with E-state index in [1.54, 1.807) is 0 Å². The number of nitrogens with one attached hydrogen (secondary N) is 1. The molecule has 3 heteroatoms. The minimum Gasteiger partial charge on any atom is -0.352 e. The lowest BCUT2D eigenvalue weighted by molar-refractivity contribution is -0.121. The summed E-state index contributed by atoms with van der Waals surface area (Å²) in [6, 6.07) is 8.13. The quantitative estimate of drug-likeness (QED) is 0.839. The third-order valence-electron chi connectivity index (χ3n) is 3.30. The van der Waals surface area contributed by atoms with E-state index in [4.69, 9.17) is 5.73 Å². The van der Waals surface area contributed by atoms with Crippen LogP contribution in [0.1, 0.15) is 51.7 Å². The number of amides is 1. The molecule has 1 atom stereocenters. The lowest BCUT2D eigenvalue weighted by atomic mass is 9.87. The number of aryl methyl sites for hydroxylation is 1. The molecule has 1 aromatic rings. The van der Waals surface area contributed by atoms with Crippen LogP contribution >= 0.6 is 0 Å². The minimum atomic E-state index is -0.0728. The molecule has 0 aliphatic rings. The number of benzene rings is 1. The summed E-state index contributed by atoms with van der Waals surface area (Å²) >= 11 is 0. The van der Waals surface area contributed by atoms with Gasteiger partial charge in [-0.25, -0.2) is 0 Å². The van der Waals surface area contributed by atoms with Crippen molar-refractivity contribution in [1.82, 2.24) is 5.32 Å². The largest absolute Gasteiger partial charge is 0.352 e. The molecule has 3 nitrogen and oxygen atoms in total. The molecule has 0 fully saturated rings. The van der Waals surface area contributed by atoms with Crippen molar-refractivity contribution in [3.63, 3.8) is 0 Å². The molecule has 0 heterocycles. The number of rotatable bonds is 6. The Morgan fingerprint density at radius 1 is 1.25 bits per heavy atom. The van der Waals surface area contributed by atoms with E-state index < -0.39 is 0 Å². The van der Waals surface area contributed by atoms with Crippen LogP contribution in [0, 0.1) is 5.41 Å². The van der Waals surface area contributed by atoms with Gasteiger partial charge in [0.2, 0.25) is 5.91 Å². The van der Waals surface area contributed by atoms with E-state index in [9.17, 15) is 4.79 Å². The molecule has 1 unspecified atom stereocenters. The summed E-state index contributed by atoms with van der Waals surface area (Å²) in [4.78, 5) is 11.9. The average molecular weight is 276 g/mol. The van der Waals surface area contributed by atoms with Crippen LogP contribution in [0.5, 0.6) is 0 Å². The van der Waals surface area contributed by atoms with Crippen LogP contribution in [0.25, 0.3) is 0 Å². The second kappa shape index (κ2) is 7.44. The maximum Gasteiger partial charge on any atom is 0.221 e. The van der Waals surface area contributed by atoms with Crippen LogP contribution in [0.2, 0.25) is 0 Å². The molecule has 0 aromatic heterocycles. The highest BCUT2D eigenvalue weighted by molar-refractivity contribution is 5.76. The molecule has 20 heavy (non-hydrogen) atoms. The molecule has 1 rings (SSSR count). The summed E-state index contributed by atoms with van der Waals surface area (Å²) in [5.41, 5.74) is 8.66. The van der Waals surface area contributed by atoms with E-state index in [0.29, 0.717) is 13.0 Å². The van der Waals surface area contributed by atoms with Crippen molar-refractivity contribution in [2.75, 3.05) is 0 Å². The number of carbonyl (C=O) groups excluding carboxylic acids is 1. The Balaban J connectivity index is 2.43. The fourth-order valence-electron chi connectivity index (χ4n) is 2.44. The van der Waals surface area contributed by atoms with Crippen LogP contribution in [0.15, 0.2) is 24.3 Å². The van der Waals surface area contributed by atoms with Crippen molar-refractivity contribution in [2.45, 2.75) is 59.5 Å². The molecule has 112 valence electrons. The number of carbonyl (C=O) groups is 1. The highest BCUT2D eigenvalue weighted by Crippen LogP contribution is 2.21. The number of hydrogen-bond acceptors (Lipinski definition) is 2. The summed E-state index contributed by atoms with van der Waals surface area (Å²) in [5, 5.41) is 2.97. The monoisotopic (exact) mass is 276 g/mol. The molecule has 0 radical (unpaired) electrons. The van der Waals surface area contributed by atoms with Gasteiger partial charge in [0.25, 0.3) is 0 Å². The molecule has 1 amide bonds. The number of hydrogen-bond donors (Lipinski definition) is 2. The Morgan fingerprint density at radius 2 is 1.85 bits per heavy atom. The molecule has 0 bridgehead atoms. The van der Waals surface area contributed by atoms with Crippen molar-refractivity contribution in [2.24, 2.45) is 11.1 Å². The van der Waals surface area contributed by atoms with Gasteiger partial charge in [-0.3, -0.25) is 4.79 Å². The van der Waals surface area contributed by atoms with Crippen molar-refractivity contribution in [1.29, 1.82) is 0 Å². The summed E-state index contributed by atoms with van der Waals surface area (Å²) in [6.45, 7) is 9.14. The molecular weight excluding hydrogens is 248 g/mol. The molecule has 3 N–H and O–H groups in total. The van der Waals surface area contributed by atoms with Crippen LogP contribution in [0.4, 0.5) is 0 Å². The van der Waals surface area contributed by atoms with E-state index in [0.717, 1.165) is 12.8 Å². The first kappa shape index (κ1) is 16.7. The maximum atomic E-state index is 11.9. The van der Waals surface area contributed by atoms with Gasteiger partial charge in [-0.2, -0.15) is 0 Å². The normalized spacial score (nSPS) is 13.1. The van der Waals surface area contributed by atoms with Gasteiger partial charge in [0.15, 0.2) is 0 Å². The Bertz CT molecular complexity index is 435. The lowest BCUT2D eigenvalue weighted by Gasteiger charge is -2.22. The van der Waals surface area contributed by atoms with Gasteiger partial charge in [-0.05, 0) is 29.4 Å². The van der Waals surface area contributed by atoms with Gasteiger partial charge in [0.05, 0.1) is 0 Å². The first-order valence-corrected chi connectivity index (χ1v) is 7.41. The highest BCUT2D eigenvalue weighted by atomic mass is 16.1. The lowest BCUT2D eigenvalue weighted by Crippen LogP contribution is -2.34. The van der Waals surface area contributed by atoms with Crippen molar-refractivity contribution < 1.29 is 4.79 Å². The van der Waals surface area contributed by atoms with Crippen LogP contribution in [-0.2, 0) is 17.8 Å².